The second-order valence-corrected chi connectivity index (χ2v) is 8.50. The van der Waals surface area contributed by atoms with Crippen molar-refractivity contribution in [3.63, 3.8) is 0 Å². The van der Waals surface area contributed by atoms with Gasteiger partial charge in [-0.05, 0) is 57.0 Å². The molecule has 2 aromatic rings. The second kappa shape index (κ2) is 9.10. The third-order valence-electron chi connectivity index (χ3n) is 4.61. The molecule has 0 radical (unpaired) electrons. The summed E-state index contributed by atoms with van der Waals surface area (Å²) in [7, 11) is -3.86. The van der Waals surface area contributed by atoms with E-state index in [1.54, 1.807) is 25.1 Å². The molecule has 152 valence electrons. The number of anilines is 2. The number of aryl methyl sites for hydroxylation is 2. The topological polar surface area (TPSA) is 86.7 Å². The normalized spacial score (nSPS) is 11.3. The minimum atomic E-state index is -3.86. The predicted octanol–water partition coefficient (Wildman–Crippen LogP) is 4.43. The van der Waals surface area contributed by atoms with Gasteiger partial charge in [0, 0.05) is 13.1 Å². The number of carboxylic acids is 1. The summed E-state index contributed by atoms with van der Waals surface area (Å²) < 4.78 is 28.6. The van der Waals surface area contributed by atoms with Crippen molar-refractivity contribution in [1.82, 2.24) is 0 Å². The number of aromatic carboxylic acids is 1. The van der Waals surface area contributed by atoms with Crippen LogP contribution in [0.1, 0.15) is 48.2 Å². The first kappa shape index (κ1) is 21.8. The summed E-state index contributed by atoms with van der Waals surface area (Å²) in [5, 5.41) is 9.34. The van der Waals surface area contributed by atoms with E-state index < -0.39 is 16.0 Å². The van der Waals surface area contributed by atoms with Gasteiger partial charge < -0.3 is 10.0 Å². The van der Waals surface area contributed by atoms with Crippen molar-refractivity contribution in [2.75, 3.05) is 22.7 Å². The van der Waals surface area contributed by atoms with Gasteiger partial charge in [-0.15, -0.1) is 0 Å². The van der Waals surface area contributed by atoms with E-state index >= 15 is 0 Å². The largest absolute Gasteiger partial charge is 0.478 e. The summed E-state index contributed by atoms with van der Waals surface area (Å²) in [6.45, 7) is 9.17. The molecule has 0 aliphatic heterocycles. The SMILES string of the molecule is CCCCN(CC)c1ccc(C(=O)O)cc1NS(=O)(=O)c1ccc(C)cc1C. The van der Waals surface area contributed by atoms with E-state index in [0.29, 0.717) is 17.8 Å². The van der Waals surface area contributed by atoms with Crippen LogP contribution in [0.2, 0.25) is 0 Å². The number of hydrogen-bond donors (Lipinski definition) is 2. The van der Waals surface area contributed by atoms with Gasteiger partial charge in [-0.25, -0.2) is 13.2 Å². The summed E-state index contributed by atoms with van der Waals surface area (Å²) in [6.07, 6.45) is 1.96. The van der Waals surface area contributed by atoms with Gasteiger partial charge in [-0.3, -0.25) is 4.72 Å². The van der Waals surface area contributed by atoms with E-state index in [2.05, 4.69) is 16.5 Å². The Labute approximate surface area is 167 Å². The Kier molecular flexibility index (Phi) is 7.07. The molecule has 0 amide bonds. The van der Waals surface area contributed by atoms with Crippen molar-refractivity contribution in [2.45, 2.75) is 45.4 Å². The number of sulfonamides is 1. The van der Waals surface area contributed by atoms with Gasteiger partial charge in [0.25, 0.3) is 10.0 Å². The number of unbranched alkanes of at least 4 members (excludes halogenated alkanes) is 1. The molecule has 0 unspecified atom stereocenters. The molecule has 0 atom stereocenters. The highest BCUT2D eigenvalue weighted by atomic mass is 32.2. The number of hydrogen-bond acceptors (Lipinski definition) is 4. The average Bonchev–Trinajstić information content (AvgIpc) is 2.62. The minimum absolute atomic E-state index is 0.0358. The highest BCUT2D eigenvalue weighted by molar-refractivity contribution is 7.92. The van der Waals surface area contributed by atoms with Crippen molar-refractivity contribution >= 4 is 27.4 Å². The number of nitrogens with one attached hydrogen (secondary N) is 1. The molecule has 28 heavy (non-hydrogen) atoms. The fraction of sp³-hybridized carbons (Fsp3) is 0.381. The monoisotopic (exact) mass is 404 g/mol. The molecule has 2 N–H and O–H groups in total. The molecule has 0 saturated heterocycles. The van der Waals surface area contributed by atoms with Crippen molar-refractivity contribution < 1.29 is 18.3 Å². The number of carboxylic acid groups (broad SMARTS) is 1. The molecule has 0 spiro atoms. The summed E-state index contributed by atoms with van der Waals surface area (Å²) >= 11 is 0. The molecule has 2 rings (SSSR count). The summed E-state index contributed by atoms with van der Waals surface area (Å²) in [6, 6.07) is 9.68. The zero-order chi connectivity index (χ0) is 20.9. The first-order chi connectivity index (χ1) is 13.2. The molecule has 0 heterocycles. The maximum atomic E-state index is 13.0. The third kappa shape index (κ3) is 5.04. The van der Waals surface area contributed by atoms with Gasteiger partial charge in [0.1, 0.15) is 0 Å². The Morgan fingerprint density at radius 3 is 2.39 bits per heavy atom. The number of rotatable bonds is 9. The zero-order valence-corrected chi connectivity index (χ0v) is 17.6. The summed E-state index contributed by atoms with van der Waals surface area (Å²) in [5.41, 5.74) is 2.60. The summed E-state index contributed by atoms with van der Waals surface area (Å²) in [5.74, 6) is -1.10. The lowest BCUT2D eigenvalue weighted by molar-refractivity contribution is 0.0697. The smallest absolute Gasteiger partial charge is 0.335 e. The Hall–Kier alpha value is -2.54. The van der Waals surface area contributed by atoms with Gasteiger partial charge in [0.05, 0.1) is 21.8 Å². The third-order valence-corrected chi connectivity index (χ3v) is 6.14. The average molecular weight is 405 g/mol. The molecule has 0 aliphatic rings. The van der Waals surface area contributed by atoms with Crippen molar-refractivity contribution in [3.05, 3.63) is 53.1 Å². The fourth-order valence-corrected chi connectivity index (χ4v) is 4.42. The van der Waals surface area contributed by atoms with Crippen LogP contribution in [0.4, 0.5) is 11.4 Å². The molecule has 0 aromatic heterocycles. The van der Waals surface area contributed by atoms with E-state index in [-0.39, 0.29) is 16.1 Å². The van der Waals surface area contributed by atoms with Crippen LogP contribution in [0.25, 0.3) is 0 Å². The molecular formula is C21H28N2O4S. The lowest BCUT2D eigenvalue weighted by Crippen LogP contribution is -2.26. The minimum Gasteiger partial charge on any atom is -0.478 e. The van der Waals surface area contributed by atoms with E-state index in [4.69, 9.17) is 0 Å². The van der Waals surface area contributed by atoms with E-state index in [1.165, 1.54) is 12.1 Å². The van der Waals surface area contributed by atoms with Crippen LogP contribution in [-0.4, -0.2) is 32.6 Å². The van der Waals surface area contributed by atoms with Gasteiger partial charge >= 0.3 is 5.97 Å². The lowest BCUT2D eigenvalue weighted by Gasteiger charge is -2.26. The molecule has 6 nitrogen and oxygen atoms in total. The van der Waals surface area contributed by atoms with Crippen molar-refractivity contribution in [2.24, 2.45) is 0 Å². The first-order valence-electron chi connectivity index (χ1n) is 9.42. The van der Waals surface area contributed by atoms with Crippen LogP contribution in [0.5, 0.6) is 0 Å². The van der Waals surface area contributed by atoms with Crippen LogP contribution >= 0.6 is 0 Å². The maximum absolute atomic E-state index is 13.0. The molecule has 0 aliphatic carbocycles. The Morgan fingerprint density at radius 2 is 1.82 bits per heavy atom. The number of carbonyl (C=O) groups is 1. The highest BCUT2D eigenvalue weighted by Crippen LogP contribution is 2.30. The van der Waals surface area contributed by atoms with Crippen LogP contribution < -0.4 is 9.62 Å². The predicted molar refractivity (Wildman–Crippen MR) is 113 cm³/mol. The van der Waals surface area contributed by atoms with Crippen LogP contribution in [0.15, 0.2) is 41.3 Å². The van der Waals surface area contributed by atoms with Crippen molar-refractivity contribution in [3.8, 4) is 0 Å². The number of benzene rings is 2. The lowest BCUT2D eigenvalue weighted by atomic mass is 10.1. The zero-order valence-electron chi connectivity index (χ0n) is 16.8. The van der Waals surface area contributed by atoms with Crippen LogP contribution in [-0.2, 0) is 10.0 Å². The van der Waals surface area contributed by atoms with E-state index in [9.17, 15) is 18.3 Å². The van der Waals surface area contributed by atoms with Crippen LogP contribution in [0.3, 0.4) is 0 Å². The highest BCUT2D eigenvalue weighted by Gasteiger charge is 2.21. The van der Waals surface area contributed by atoms with Gasteiger partial charge in [0.2, 0.25) is 0 Å². The Morgan fingerprint density at radius 1 is 1.11 bits per heavy atom. The number of nitrogens with zero attached hydrogens (tertiary/aromatic N) is 1. The van der Waals surface area contributed by atoms with Crippen LogP contribution in [0, 0.1) is 13.8 Å². The molecule has 0 saturated carbocycles. The van der Waals surface area contributed by atoms with E-state index in [0.717, 1.165) is 24.9 Å². The molecule has 2 aromatic carbocycles. The van der Waals surface area contributed by atoms with Gasteiger partial charge in [0.15, 0.2) is 0 Å². The van der Waals surface area contributed by atoms with Gasteiger partial charge in [-0.2, -0.15) is 0 Å². The fourth-order valence-electron chi connectivity index (χ4n) is 3.13. The molecular weight excluding hydrogens is 376 g/mol. The van der Waals surface area contributed by atoms with Crippen molar-refractivity contribution in [1.29, 1.82) is 0 Å². The first-order valence-corrected chi connectivity index (χ1v) is 10.9. The Bertz CT molecular complexity index is 955. The molecule has 0 bridgehead atoms. The second-order valence-electron chi connectivity index (χ2n) is 6.84. The van der Waals surface area contributed by atoms with Gasteiger partial charge in [-0.1, -0.05) is 31.0 Å². The molecule has 0 fully saturated rings. The Balaban J connectivity index is 2.51. The molecule has 7 heteroatoms. The summed E-state index contributed by atoms with van der Waals surface area (Å²) in [4.78, 5) is 13.6. The standard InChI is InChI=1S/C21H28N2O4S/c1-5-7-12-23(6-2)19-10-9-17(21(24)25)14-18(19)22-28(26,27)20-11-8-15(3)13-16(20)4/h8-11,13-14,22H,5-7,12H2,1-4H3,(H,24,25). The maximum Gasteiger partial charge on any atom is 0.335 e. The quantitative estimate of drug-likeness (QED) is 0.646. The van der Waals surface area contributed by atoms with E-state index in [1.807, 2.05) is 19.9 Å².